The maximum atomic E-state index is 13.6. The fourth-order valence-corrected chi connectivity index (χ4v) is 1.82. The van der Waals surface area contributed by atoms with Crippen molar-refractivity contribution in [3.05, 3.63) is 39.5 Å². The Morgan fingerprint density at radius 3 is 2.73 bits per heavy atom. The Morgan fingerprint density at radius 1 is 1.47 bits per heavy atom. The van der Waals surface area contributed by atoms with Crippen LogP contribution in [-0.4, -0.2) is 4.98 Å². The molecule has 1 aromatic heterocycles. The first-order valence-electron chi connectivity index (χ1n) is 4.16. The van der Waals surface area contributed by atoms with Gasteiger partial charge in [0.2, 0.25) is 0 Å². The predicted octanol–water partition coefficient (Wildman–Crippen LogP) is 4.21. The Balaban J connectivity index is 2.59. The summed E-state index contributed by atoms with van der Waals surface area (Å²) in [5.74, 6) is -0.00899. The van der Waals surface area contributed by atoms with E-state index in [-0.39, 0.29) is 11.2 Å². The summed E-state index contributed by atoms with van der Waals surface area (Å²) in [6.45, 7) is 1.71. The summed E-state index contributed by atoms with van der Waals surface area (Å²) in [6, 6.07) is 4.71. The van der Waals surface area contributed by atoms with E-state index in [4.69, 9.17) is 16.0 Å². The number of rotatable bonds is 1. The molecule has 0 aliphatic rings. The zero-order chi connectivity index (χ0) is 11.0. The molecule has 2 rings (SSSR count). The Morgan fingerprint density at radius 2 is 2.20 bits per heavy atom. The number of hydrogen-bond donors (Lipinski definition) is 0. The van der Waals surface area contributed by atoms with Gasteiger partial charge in [-0.3, -0.25) is 0 Å². The lowest BCUT2D eigenvalue weighted by molar-refractivity contribution is 0.562. The average Bonchev–Trinajstić information content (AvgIpc) is 2.45. The fourth-order valence-electron chi connectivity index (χ4n) is 1.29. The highest BCUT2D eigenvalue weighted by atomic mass is 79.9. The molecule has 0 aliphatic heterocycles. The second-order valence-electron chi connectivity index (χ2n) is 3.01. The van der Waals surface area contributed by atoms with Gasteiger partial charge < -0.3 is 4.42 Å². The molecule has 0 atom stereocenters. The van der Waals surface area contributed by atoms with E-state index >= 15 is 0 Å². The summed E-state index contributed by atoms with van der Waals surface area (Å²) in [5.41, 5.74) is 0.927. The molecule has 15 heavy (non-hydrogen) atoms. The van der Waals surface area contributed by atoms with Gasteiger partial charge in [-0.05, 0) is 36.7 Å². The molecular weight excluding hydrogens is 284 g/mol. The number of aryl methyl sites for hydroxylation is 1. The highest BCUT2D eigenvalue weighted by molar-refractivity contribution is 9.10. The van der Waals surface area contributed by atoms with Gasteiger partial charge >= 0.3 is 0 Å². The third-order valence-electron chi connectivity index (χ3n) is 1.95. The molecular formula is C10H6BrClFNO. The molecule has 2 nitrogen and oxygen atoms in total. The molecule has 0 fully saturated rings. The monoisotopic (exact) mass is 289 g/mol. The number of aromatic nitrogens is 1. The molecule has 0 N–H and O–H groups in total. The first-order valence-corrected chi connectivity index (χ1v) is 5.33. The second-order valence-corrected chi connectivity index (χ2v) is 4.24. The lowest BCUT2D eigenvalue weighted by Gasteiger charge is -2.00. The van der Waals surface area contributed by atoms with Crippen molar-refractivity contribution in [1.82, 2.24) is 4.98 Å². The van der Waals surface area contributed by atoms with Gasteiger partial charge in [0.15, 0.2) is 5.76 Å². The lowest BCUT2D eigenvalue weighted by atomic mass is 10.1. The molecule has 0 aliphatic carbocycles. The molecule has 0 bridgehead atoms. The van der Waals surface area contributed by atoms with E-state index in [0.29, 0.717) is 21.5 Å². The lowest BCUT2D eigenvalue weighted by Crippen LogP contribution is -1.84. The summed E-state index contributed by atoms with van der Waals surface area (Å²) >= 11 is 8.77. The van der Waals surface area contributed by atoms with Gasteiger partial charge in [0, 0.05) is 4.47 Å². The van der Waals surface area contributed by atoms with Gasteiger partial charge in [0.1, 0.15) is 5.82 Å². The van der Waals surface area contributed by atoms with Crippen molar-refractivity contribution >= 4 is 27.5 Å². The molecule has 5 heteroatoms. The van der Waals surface area contributed by atoms with Crippen LogP contribution in [0.4, 0.5) is 4.39 Å². The van der Waals surface area contributed by atoms with E-state index in [0.717, 1.165) is 0 Å². The van der Waals surface area contributed by atoms with Crippen LogP contribution in [0, 0.1) is 12.7 Å². The third kappa shape index (κ3) is 2.06. The molecule has 0 radical (unpaired) electrons. The van der Waals surface area contributed by atoms with Gasteiger partial charge in [-0.2, -0.15) is 0 Å². The van der Waals surface area contributed by atoms with Crippen LogP contribution in [-0.2, 0) is 0 Å². The summed E-state index contributed by atoms with van der Waals surface area (Å²) in [6.07, 6.45) is 0. The van der Waals surface area contributed by atoms with Crippen LogP contribution < -0.4 is 0 Å². The first-order chi connectivity index (χ1) is 7.08. The minimum absolute atomic E-state index is 0.0184. The van der Waals surface area contributed by atoms with Gasteiger partial charge in [-0.1, -0.05) is 15.9 Å². The Kier molecular flexibility index (Phi) is 2.80. The molecule has 0 unspecified atom stereocenters. The normalized spacial score (nSPS) is 10.7. The number of halogens is 3. The number of hydrogen-bond acceptors (Lipinski definition) is 2. The molecule has 1 aromatic carbocycles. The Labute approximate surface area is 99.2 Å². The highest BCUT2D eigenvalue weighted by Gasteiger charge is 2.14. The maximum Gasteiger partial charge on any atom is 0.292 e. The predicted molar refractivity (Wildman–Crippen MR) is 59.3 cm³/mol. The smallest absolute Gasteiger partial charge is 0.292 e. The van der Waals surface area contributed by atoms with Crippen LogP contribution in [0.3, 0.4) is 0 Å². The first kappa shape index (κ1) is 10.6. The molecule has 78 valence electrons. The van der Waals surface area contributed by atoms with Gasteiger partial charge in [-0.15, -0.1) is 0 Å². The standard InChI is InChI=1S/C10H6BrClFNO/c1-5-9(15-10(12)14-5)7-3-2-6(11)4-8(7)13/h2-4H,1H3. The van der Waals surface area contributed by atoms with Crippen molar-refractivity contribution in [3.63, 3.8) is 0 Å². The van der Waals surface area contributed by atoms with Crippen molar-refractivity contribution in [2.75, 3.05) is 0 Å². The van der Waals surface area contributed by atoms with Gasteiger partial charge in [-0.25, -0.2) is 9.37 Å². The quantitative estimate of drug-likeness (QED) is 0.786. The topological polar surface area (TPSA) is 26.0 Å². The van der Waals surface area contributed by atoms with Crippen molar-refractivity contribution in [1.29, 1.82) is 0 Å². The van der Waals surface area contributed by atoms with Crippen LogP contribution in [0.25, 0.3) is 11.3 Å². The maximum absolute atomic E-state index is 13.6. The molecule has 0 spiro atoms. The van der Waals surface area contributed by atoms with Gasteiger partial charge in [0.25, 0.3) is 5.35 Å². The zero-order valence-corrected chi connectivity index (χ0v) is 10.1. The van der Waals surface area contributed by atoms with E-state index in [1.54, 1.807) is 19.1 Å². The summed E-state index contributed by atoms with van der Waals surface area (Å²) in [5, 5.41) is 0.0184. The van der Waals surface area contributed by atoms with Crippen LogP contribution >= 0.6 is 27.5 Å². The van der Waals surface area contributed by atoms with Crippen molar-refractivity contribution < 1.29 is 8.81 Å². The largest absolute Gasteiger partial charge is 0.427 e. The van der Waals surface area contributed by atoms with Crippen LogP contribution in [0.5, 0.6) is 0 Å². The van der Waals surface area contributed by atoms with Crippen LogP contribution in [0.2, 0.25) is 5.35 Å². The number of nitrogens with zero attached hydrogens (tertiary/aromatic N) is 1. The second kappa shape index (κ2) is 3.94. The summed E-state index contributed by atoms with van der Waals surface area (Å²) in [7, 11) is 0. The number of oxazole rings is 1. The van der Waals surface area contributed by atoms with Crippen molar-refractivity contribution in [3.8, 4) is 11.3 Å². The van der Waals surface area contributed by atoms with E-state index in [2.05, 4.69) is 20.9 Å². The van der Waals surface area contributed by atoms with E-state index in [1.807, 2.05) is 0 Å². The van der Waals surface area contributed by atoms with Crippen molar-refractivity contribution in [2.45, 2.75) is 6.92 Å². The SMILES string of the molecule is Cc1nc(Cl)oc1-c1ccc(Br)cc1F. The Hall–Kier alpha value is -0.870. The molecule has 0 amide bonds. The summed E-state index contributed by atoms with van der Waals surface area (Å²) < 4.78 is 19.4. The third-order valence-corrected chi connectivity index (χ3v) is 2.60. The van der Waals surface area contributed by atoms with E-state index in [9.17, 15) is 4.39 Å². The molecule has 0 saturated heterocycles. The average molecular weight is 291 g/mol. The Bertz CT molecular complexity index is 512. The molecule has 2 aromatic rings. The minimum atomic E-state index is -0.375. The van der Waals surface area contributed by atoms with Crippen LogP contribution in [0.15, 0.2) is 27.1 Å². The molecule has 1 heterocycles. The fraction of sp³-hybridized carbons (Fsp3) is 0.100. The highest BCUT2D eigenvalue weighted by Crippen LogP contribution is 2.30. The van der Waals surface area contributed by atoms with E-state index in [1.165, 1.54) is 6.07 Å². The molecule has 0 saturated carbocycles. The van der Waals surface area contributed by atoms with Crippen molar-refractivity contribution in [2.24, 2.45) is 0 Å². The van der Waals surface area contributed by atoms with Gasteiger partial charge in [0.05, 0.1) is 11.3 Å². The minimum Gasteiger partial charge on any atom is -0.427 e. The number of benzene rings is 1. The zero-order valence-electron chi connectivity index (χ0n) is 7.72. The summed E-state index contributed by atoms with van der Waals surface area (Å²) in [4.78, 5) is 3.87. The van der Waals surface area contributed by atoms with Crippen LogP contribution in [0.1, 0.15) is 5.69 Å². The van der Waals surface area contributed by atoms with E-state index < -0.39 is 0 Å².